The number of nitrogens with zero attached hydrogens (tertiary/aromatic N) is 3. The van der Waals surface area contributed by atoms with Crippen molar-refractivity contribution in [2.24, 2.45) is 16.6 Å². The Morgan fingerprint density at radius 2 is 2.00 bits per heavy atom. The lowest BCUT2D eigenvalue weighted by Gasteiger charge is -2.22. The third-order valence-electron chi connectivity index (χ3n) is 3.42. The smallest absolute Gasteiger partial charge is 0.191 e. The van der Waals surface area contributed by atoms with Gasteiger partial charge in [0.1, 0.15) is 0 Å². The van der Waals surface area contributed by atoms with Crippen LogP contribution in [0.3, 0.4) is 0 Å². The zero-order chi connectivity index (χ0) is 11.0. The highest BCUT2D eigenvalue weighted by Gasteiger charge is 2.32. The summed E-state index contributed by atoms with van der Waals surface area (Å²) in [6.45, 7) is 4.36. The molecule has 2 fully saturated rings. The molecule has 0 aromatic carbocycles. The molecule has 0 amide bonds. The van der Waals surface area contributed by atoms with Gasteiger partial charge < -0.3 is 15.5 Å². The van der Waals surface area contributed by atoms with Gasteiger partial charge in [0.15, 0.2) is 5.96 Å². The predicted octanol–water partition coefficient (Wildman–Crippen LogP) is 0.345. The minimum Gasteiger partial charge on any atom is -0.370 e. The summed E-state index contributed by atoms with van der Waals surface area (Å²) in [5.74, 6) is 1.43. The van der Waals surface area contributed by atoms with Gasteiger partial charge in [0.05, 0.1) is 6.04 Å². The summed E-state index contributed by atoms with van der Waals surface area (Å²) >= 11 is 0. The molecule has 2 N–H and O–H groups in total. The molecule has 4 nitrogen and oxygen atoms in total. The van der Waals surface area contributed by atoms with Gasteiger partial charge in [-0.1, -0.05) is 6.92 Å². The Morgan fingerprint density at radius 3 is 2.47 bits per heavy atom. The number of hydrogen-bond donors (Lipinski definition) is 1. The van der Waals surface area contributed by atoms with Crippen LogP contribution < -0.4 is 5.73 Å². The second-order valence-corrected chi connectivity index (χ2v) is 5.13. The molecule has 4 heteroatoms. The quantitative estimate of drug-likeness (QED) is 0.528. The van der Waals surface area contributed by atoms with Gasteiger partial charge in [0, 0.05) is 19.1 Å². The van der Waals surface area contributed by atoms with E-state index in [2.05, 4.69) is 35.8 Å². The van der Waals surface area contributed by atoms with Crippen molar-refractivity contribution in [2.45, 2.75) is 31.8 Å². The first-order valence-electron chi connectivity index (χ1n) is 5.82. The van der Waals surface area contributed by atoms with Gasteiger partial charge in [0.25, 0.3) is 0 Å². The molecular weight excluding hydrogens is 188 g/mol. The van der Waals surface area contributed by atoms with Gasteiger partial charge >= 0.3 is 0 Å². The van der Waals surface area contributed by atoms with E-state index in [1.165, 1.54) is 12.8 Å². The van der Waals surface area contributed by atoms with Crippen LogP contribution in [0, 0.1) is 5.92 Å². The van der Waals surface area contributed by atoms with Crippen molar-refractivity contribution in [2.75, 3.05) is 27.2 Å². The van der Waals surface area contributed by atoms with Crippen molar-refractivity contribution < 1.29 is 0 Å². The first kappa shape index (κ1) is 10.7. The van der Waals surface area contributed by atoms with Gasteiger partial charge in [-0.15, -0.1) is 0 Å². The molecule has 1 aliphatic heterocycles. The summed E-state index contributed by atoms with van der Waals surface area (Å²) in [5, 5.41) is 0. The standard InChI is InChI=1S/C11H22N4/c1-8-6-15(7-10(8)14(2)3)11(12)13-9-4-5-9/h8-10H,4-7H2,1-3H3,(H2,12,13). The van der Waals surface area contributed by atoms with Crippen molar-refractivity contribution in [3.63, 3.8) is 0 Å². The average molecular weight is 210 g/mol. The van der Waals surface area contributed by atoms with Gasteiger partial charge in [-0.05, 0) is 32.9 Å². The topological polar surface area (TPSA) is 44.9 Å². The lowest BCUT2D eigenvalue weighted by Crippen LogP contribution is -2.39. The van der Waals surface area contributed by atoms with Crippen LogP contribution in [0.4, 0.5) is 0 Å². The highest BCUT2D eigenvalue weighted by molar-refractivity contribution is 5.78. The monoisotopic (exact) mass is 210 g/mol. The maximum atomic E-state index is 6.00. The van der Waals surface area contributed by atoms with Crippen molar-refractivity contribution in [1.29, 1.82) is 0 Å². The van der Waals surface area contributed by atoms with E-state index in [1.807, 2.05) is 0 Å². The Hall–Kier alpha value is -0.770. The summed E-state index contributed by atoms with van der Waals surface area (Å²) in [6.07, 6.45) is 2.45. The van der Waals surface area contributed by atoms with Crippen molar-refractivity contribution in [1.82, 2.24) is 9.80 Å². The third-order valence-corrected chi connectivity index (χ3v) is 3.42. The maximum absolute atomic E-state index is 6.00. The van der Waals surface area contributed by atoms with E-state index in [4.69, 9.17) is 5.73 Å². The van der Waals surface area contributed by atoms with Crippen LogP contribution in [0.2, 0.25) is 0 Å². The molecule has 2 aliphatic rings. The predicted molar refractivity (Wildman–Crippen MR) is 62.9 cm³/mol. The highest BCUT2D eigenvalue weighted by atomic mass is 15.3. The molecule has 0 bridgehead atoms. The molecule has 0 spiro atoms. The Labute approximate surface area is 92.1 Å². The fourth-order valence-electron chi connectivity index (χ4n) is 2.28. The molecule has 0 radical (unpaired) electrons. The molecule has 1 aliphatic carbocycles. The summed E-state index contributed by atoms with van der Waals surface area (Å²) in [7, 11) is 4.28. The molecule has 1 heterocycles. The summed E-state index contributed by atoms with van der Waals surface area (Å²) < 4.78 is 0. The number of likely N-dealkylation sites (N-methyl/N-ethyl adjacent to an activating group) is 1. The number of rotatable bonds is 2. The fourth-order valence-corrected chi connectivity index (χ4v) is 2.28. The Kier molecular flexibility index (Phi) is 2.87. The van der Waals surface area contributed by atoms with E-state index in [9.17, 15) is 0 Å². The maximum Gasteiger partial charge on any atom is 0.191 e. The van der Waals surface area contributed by atoms with Gasteiger partial charge in [0.2, 0.25) is 0 Å². The largest absolute Gasteiger partial charge is 0.370 e. The minimum absolute atomic E-state index is 0.527. The lowest BCUT2D eigenvalue weighted by atomic mass is 10.1. The van der Waals surface area contributed by atoms with Crippen molar-refractivity contribution >= 4 is 5.96 Å². The van der Waals surface area contributed by atoms with E-state index >= 15 is 0 Å². The Balaban J connectivity index is 1.95. The van der Waals surface area contributed by atoms with E-state index in [0.29, 0.717) is 18.0 Å². The summed E-state index contributed by atoms with van der Waals surface area (Å²) in [6, 6.07) is 1.14. The molecule has 2 atom stereocenters. The number of nitrogens with two attached hydrogens (primary N) is 1. The minimum atomic E-state index is 0.527. The van der Waals surface area contributed by atoms with Crippen LogP contribution in [-0.2, 0) is 0 Å². The Morgan fingerprint density at radius 1 is 1.33 bits per heavy atom. The lowest BCUT2D eigenvalue weighted by molar-refractivity contribution is 0.262. The van der Waals surface area contributed by atoms with E-state index in [0.717, 1.165) is 19.0 Å². The zero-order valence-electron chi connectivity index (χ0n) is 9.98. The fraction of sp³-hybridized carbons (Fsp3) is 0.909. The average Bonchev–Trinajstić information content (AvgIpc) is 2.86. The first-order valence-corrected chi connectivity index (χ1v) is 5.82. The van der Waals surface area contributed by atoms with Crippen molar-refractivity contribution in [3.05, 3.63) is 0 Å². The van der Waals surface area contributed by atoms with Crippen LogP contribution in [0.25, 0.3) is 0 Å². The van der Waals surface area contributed by atoms with Crippen LogP contribution >= 0.6 is 0 Å². The highest BCUT2D eigenvalue weighted by Crippen LogP contribution is 2.25. The van der Waals surface area contributed by atoms with Gasteiger partial charge in [-0.3, -0.25) is 0 Å². The van der Waals surface area contributed by atoms with Crippen LogP contribution in [-0.4, -0.2) is 55.0 Å². The van der Waals surface area contributed by atoms with Crippen LogP contribution in [0.1, 0.15) is 19.8 Å². The molecule has 86 valence electrons. The number of aliphatic imine (C=N–C) groups is 1. The van der Waals surface area contributed by atoms with Crippen LogP contribution in [0.5, 0.6) is 0 Å². The summed E-state index contributed by atoms with van der Waals surface area (Å²) in [4.78, 5) is 9.02. The number of hydrogen-bond acceptors (Lipinski definition) is 2. The molecule has 2 unspecified atom stereocenters. The molecule has 15 heavy (non-hydrogen) atoms. The second kappa shape index (κ2) is 4.00. The summed E-state index contributed by atoms with van der Waals surface area (Å²) in [5.41, 5.74) is 6.00. The SMILES string of the molecule is CC1CN(C(N)=NC2CC2)CC1N(C)C. The van der Waals surface area contributed by atoms with E-state index < -0.39 is 0 Å². The molecule has 1 saturated heterocycles. The molecule has 2 rings (SSSR count). The van der Waals surface area contributed by atoms with Crippen molar-refractivity contribution in [3.8, 4) is 0 Å². The number of guanidine groups is 1. The molecule has 0 aromatic rings. The van der Waals surface area contributed by atoms with Gasteiger partial charge in [-0.25, -0.2) is 4.99 Å². The van der Waals surface area contributed by atoms with Crippen LogP contribution in [0.15, 0.2) is 4.99 Å². The third kappa shape index (κ3) is 2.43. The van der Waals surface area contributed by atoms with E-state index in [1.54, 1.807) is 0 Å². The normalized spacial score (nSPS) is 32.8. The molecular formula is C11H22N4. The van der Waals surface area contributed by atoms with Gasteiger partial charge in [-0.2, -0.15) is 0 Å². The molecule has 0 aromatic heterocycles. The molecule has 1 saturated carbocycles. The van der Waals surface area contributed by atoms with E-state index in [-0.39, 0.29) is 0 Å². The Bertz CT molecular complexity index is 257. The first-order chi connectivity index (χ1) is 7.08. The number of likely N-dealkylation sites (tertiary alicyclic amines) is 1. The zero-order valence-corrected chi connectivity index (χ0v) is 9.98. The second-order valence-electron chi connectivity index (χ2n) is 5.13.